The lowest BCUT2D eigenvalue weighted by Gasteiger charge is -2.34. The van der Waals surface area contributed by atoms with Gasteiger partial charge in [-0.2, -0.15) is 0 Å². The highest BCUT2D eigenvalue weighted by atomic mass is 79.9. The number of carbonyl (C=O) groups excluding carboxylic acids is 1. The number of likely N-dealkylation sites (tertiary alicyclic amines) is 1. The van der Waals surface area contributed by atoms with Crippen LogP contribution < -0.4 is 0 Å². The largest absolute Gasteiger partial charge is 0.480 e. The minimum Gasteiger partial charge on any atom is -0.480 e. The van der Waals surface area contributed by atoms with Gasteiger partial charge in [-0.05, 0) is 11.3 Å². The minimum atomic E-state index is -0.920. The van der Waals surface area contributed by atoms with E-state index < -0.39 is 17.4 Å². The molecule has 1 N–H and O–H groups in total. The van der Waals surface area contributed by atoms with Crippen LogP contribution in [-0.4, -0.2) is 39.8 Å². The van der Waals surface area contributed by atoms with Crippen molar-refractivity contribution in [2.45, 2.75) is 33.2 Å². The van der Waals surface area contributed by atoms with Crippen LogP contribution in [0.2, 0.25) is 0 Å². The van der Waals surface area contributed by atoms with Crippen LogP contribution in [0, 0.1) is 11.3 Å². The summed E-state index contributed by atoms with van der Waals surface area (Å²) in [7, 11) is 0. The third kappa shape index (κ3) is 2.75. The highest BCUT2D eigenvalue weighted by molar-refractivity contribution is 9.09. The maximum Gasteiger partial charge on any atom is 0.326 e. The first kappa shape index (κ1) is 13.5. The van der Waals surface area contributed by atoms with Crippen LogP contribution >= 0.6 is 15.9 Å². The van der Waals surface area contributed by atoms with Crippen molar-refractivity contribution in [3.05, 3.63) is 0 Å². The standard InChI is InChI=1S/C11H18BrNO3/c1-11(2,3)9(10(15)16)13-6-7(5-12)4-8(13)14/h7,9H,4-6H2,1-3H3,(H,15,16). The molecule has 0 spiro atoms. The molecule has 1 aliphatic rings. The Bertz CT molecular complexity index is 298. The average Bonchev–Trinajstić information content (AvgIpc) is 2.44. The van der Waals surface area contributed by atoms with Gasteiger partial charge in [-0.25, -0.2) is 4.79 Å². The van der Waals surface area contributed by atoms with E-state index in [0.717, 1.165) is 5.33 Å². The highest BCUT2D eigenvalue weighted by Crippen LogP contribution is 2.30. The summed E-state index contributed by atoms with van der Waals surface area (Å²) in [5, 5.41) is 9.98. The van der Waals surface area contributed by atoms with Crippen molar-refractivity contribution in [2.24, 2.45) is 11.3 Å². The Balaban J connectivity index is 2.89. The lowest BCUT2D eigenvalue weighted by atomic mass is 9.86. The molecule has 16 heavy (non-hydrogen) atoms. The van der Waals surface area contributed by atoms with Crippen molar-refractivity contribution in [1.29, 1.82) is 0 Å². The van der Waals surface area contributed by atoms with Crippen LogP contribution in [0.15, 0.2) is 0 Å². The maximum absolute atomic E-state index is 11.8. The molecular formula is C11H18BrNO3. The predicted molar refractivity (Wildman–Crippen MR) is 64.5 cm³/mol. The van der Waals surface area contributed by atoms with E-state index in [1.807, 2.05) is 20.8 Å². The van der Waals surface area contributed by atoms with Gasteiger partial charge in [0.25, 0.3) is 0 Å². The Morgan fingerprint density at radius 3 is 2.50 bits per heavy atom. The Kier molecular flexibility index (Phi) is 3.99. The van der Waals surface area contributed by atoms with Gasteiger partial charge in [0, 0.05) is 18.3 Å². The molecule has 0 aliphatic carbocycles. The zero-order valence-corrected chi connectivity index (χ0v) is 11.5. The Hall–Kier alpha value is -0.580. The smallest absolute Gasteiger partial charge is 0.326 e. The molecule has 2 unspecified atom stereocenters. The van der Waals surface area contributed by atoms with Crippen molar-refractivity contribution >= 4 is 27.8 Å². The second kappa shape index (κ2) is 4.73. The van der Waals surface area contributed by atoms with E-state index in [0.29, 0.717) is 13.0 Å². The van der Waals surface area contributed by atoms with Crippen molar-refractivity contribution < 1.29 is 14.7 Å². The molecule has 1 saturated heterocycles. The Labute approximate surface area is 104 Å². The van der Waals surface area contributed by atoms with Crippen LogP contribution in [0.1, 0.15) is 27.2 Å². The minimum absolute atomic E-state index is 0.0493. The molecule has 92 valence electrons. The molecule has 0 aromatic carbocycles. The molecule has 4 nitrogen and oxygen atoms in total. The summed E-state index contributed by atoms with van der Waals surface area (Å²) in [5.41, 5.74) is -0.442. The van der Waals surface area contributed by atoms with Crippen LogP contribution in [-0.2, 0) is 9.59 Å². The molecule has 1 fully saturated rings. The summed E-state index contributed by atoms with van der Waals surface area (Å²) < 4.78 is 0. The van der Waals surface area contributed by atoms with E-state index in [1.165, 1.54) is 4.90 Å². The fourth-order valence-corrected chi connectivity index (χ4v) is 2.57. The first-order valence-electron chi connectivity index (χ1n) is 5.35. The van der Waals surface area contributed by atoms with Gasteiger partial charge in [-0.1, -0.05) is 36.7 Å². The molecule has 0 aromatic heterocycles. The number of amides is 1. The fraction of sp³-hybridized carbons (Fsp3) is 0.818. The number of nitrogens with zero attached hydrogens (tertiary/aromatic N) is 1. The second-order valence-electron chi connectivity index (χ2n) is 5.38. The number of carboxylic acid groups (broad SMARTS) is 1. The normalized spacial score (nSPS) is 23.6. The molecule has 1 aliphatic heterocycles. The van der Waals surface area contributed by atoms with Crippen molar-refractivity contribution in [2.75, 3.05) is 11.9 Å². The molecule has 0 bridgehead atoms. The Morgan fingerprint density at radius 1 is 1.62 bits per heavy atom. The van der Waals surface area contributed by atoms with Gasteiger partial charge in [0.1, 0.15) is 6.04 Å². The van der Waals surface area contributed by atoms with Gasteiger partial charge in [0.2, 0.25) is 5.91 Å². The Morgan fingerprint density at radius 2 is 2.19 bits per heavy atom. The van der Waals surface area contributed by atoms with Gasteiger partial charge in [0.05, 0.1) is 0 Å². The van der Waals surface area contributed by atoms with E-state index in [4.69, 9.17) is 0 Å². The van der Waals surface area contributed by atoms with Crippen molar-refractivity contribution in [1.82, 2.24) is 4.90 Å². The van der Waals surface area contributed by atoms with E-state index in [9.17, 15) is 14.7 Å². The summed E-state index contributed by atoms with van der Waals surface area (Å²) in [6.07, 6.45) is 0.450. The van der Waals surface area contributed by atoms with Gasteiger partial charge >= 0.3 is 5.97 Å². The monoisotopic (exact) mass is 291 g/mol. The summed E-state index contributed by atoms with van der Waals surface area (Å²) in [4.78, 5) is 24.6. The zero-order chi connectivity index (χ0) is 12.5. The fourth-order valence-electron chi connectivity index (χ4n) is 2.13. The lowest BCUT2D eigenvalue weighted by molar-refractivity contribution is -0.153. The summed E-state index contributed by atoms with van der Waals surface area (Å²) in [6.45, 7) is 6.08. The molecule has 2 atom stereocenters. The van der Waals surface area contributed by atoms with Crippen molar-refractivity contribution in [3.63, 3.8) is 0 Å². The molecule has 5 heteroatoms. The first-order valence-corrected chi connectivity index (χ1v) is 6.47. The number of aliphatic carboxylic acids is 1. The number of hydrogen-bond acceptors (Lipinski definition) is 2. The third-order valence-electron chi connectivity index (χ3n) is 2.82. The van der Waals surface area contributed by atoms with E-state index >= 15 is 0 Å². The summed E-state index contributed by atoms with van der Waals surface area (Å²) >= 11 is 3.34. The third-order valence-corrected chi connectivity index (χ3v) is 3.74. The van der Waals surface area contributed by atoms with Crippen LogP contribution in [0.4, 0.5) is 0 Å². The van der Waals surface area contributed by atoms with Crippen molar-refractivity contribution in [3.8, 4) is 0 Å². The number of alkyl halides is 1. The topological polar surface area (TPSA) is 57.6 Å². The quantitative estimate of drug-likeness (QED) is 0.806. The summed E-state index contributed by atoms with van der Waals surface area (Å²) in [6, 6.07) is -0.732. The van der Waals surface area contributed by atoms with Gasteiger partial charge in [-0.15, -0.1) is 0 Å². The molecule has 0 radical (unpaired) electrons. The van der Waals surface area contributed by atoms with Crippen LogP contribution in [0.25, 0.3) is 0 Å². The molecular weight excluding hydrogens is 274 g/mol. The molecule has 1 rings (SSSR count). The van der Waals surface area contributed by atoms with Crippen LogP contribution in [0.5, 0.6) is 0 Å². The average molecular weight is 292 g/mol. The van der Waals surface area contributed by atoms with Crippen LogP contribution in [0.3, 0.4) is 0 Å². The van der Waals surface area contributed by atoms with E-state index in [2.05, 4.69) is 15.9 Å². The predicted octanol–water partition coefficient (Wildman–Crippen LogP) is 1.73. The highest BCUT2D eigenvalue weighted by Gasteiger charge is 2.43. The number of hydrogen-bond donors (Lipinski definition) is 1. The number of carboxylic acids is 1. The molecule has 1 amide bonds. The molecule has 1 heterocycles. The zero-order valence-electron chi connectivity index (χ0n) is 9.86. The van der Waals surface area contributed by atoms with Gasteiger partial charge < -0.3 is 10.0 Å². The van der Waals surface area contributed by atoms with E-state index in [1.54, 1.807) is 0 Å². The number of halogens is 1. The van der Waals surface area contributed by atoms with E-state index in [-0.39, 0.29) is 11.8 Å². The SMILES string of the molecule is CC(C)(C)C(C(=O)O)N1CC(CBr)CC1=O. The number of carbonyl (C=O) groups is 2. The summed E-state index contributed by atoms with van der Waals surface area (Å²) in [5.74, 6) is -0.737. The first-order chi connectivity index (χ1) is 7.27. The van der Waals surface area contributed by atoms with Gasteiger partial charge in [-0.3, -0.25) is 4.79 Å². The van der Waals surface area contributed by atoms with Gasteiger partial charge in [0.15, 0.2) is 0 Å². The number of rotatable bonds is 3. The molecule has 0 aromatic rings. The second-order valence-corrected chi connectivity index (χ2v) is 6.02. The molecule has 0 saturated carbocycles. The maximum atomic E-state index is 11.8. The lowest BCUT2D eigenvalue weighted by Crippen LogP contribution is -2.50.